The quantitative estimate of drug-likeness (QED) is 0.494. The molecule has 1 fully saturated rings. The SMILES string of the molecule is CCOc1cc(C(=O)N=c2sccn2Cc2ccccc2)ccc1OCC(=O)N1CCOCC1. The highest BCUT2D eigenvalue weighted by Gasteiger charge is 2.18. The van der Waals surface area contributed by atoms with Gasteiger partial charge in [-0.2, -0.15) is 4.99 Å². The van der Waals surface area contributed by atoms with E-state index >= 15 is 0 Å². The standard InChI is InChI=1S/C25H27N3O5S/c1-2-32-22-16-20(8-9-21(22)33-18-23(29)27-10-13-31-14-11-27)24(30)26-25-28(12-15-34-25)17-19-6-4-3-5-7-19/h3-9,12,15-16H,2,10-11,13-14,17-18H2,1H3. The average Bonchev–Trinajstić information content (AvgIpc) is 3.30. The van der Waals surface area contributed by atoms with Crippen molar-refractivity contribution < 1.29 is 23.8 Å². The van der Waals surface area contributed by atoms with Crippen LogP contribution in [0, 0.1) is 0 Å². The molecular formula is C25H27N3O5S. The summed E-state index contributed by atoms with van der Waals surface area (Å²) in [4.78, 5) is 32.0. The van der Waals surface area contributed by atoms with E-state index in [0.29, 0.717) is 61.3 Å². The van der Waals surface area contributed by atoms with Crippen LogP contribution in [0.3, 0.4) is 0 Å². The first-order valence-corrected chi connectivity index (χ1v) is 12.0. The summed E-state index contributed by atoms with van der Waals surface area (Å²) in [5.41, 5.74) is 1.51. The van der Waals surface area contributed by atoms with Crippen LogP contribution in [0.4, 0.5) is 0 Å². The van der Waals surface area contributed by atoms with E-state index in [1.54, 1.807) is 23.1 Å². The van der Waals surface area contributed by atoms with Crippen molar-refractivity contribution in [3.05, 3.63) is 76.0 Å². The third kappa shape index (κ3) is 6.12. The lowest BCUT2D eigenvalue weighted by atomic mass is 10.2. The van der Waals surface area contributed by atoms with Crippen LogP contribution < -0.4 is 14.3 Å². The molecule has 34 heavy (non-hydrogen) atoms. The average molecular weight is 482 g/mol. The highest BCUT2D eigenvalue weighted by Crippen LogP contribution is 2.29. The molecule has 0 saturated carbocycles. The number of carbonyl (C=O) groups excluding carboxylic acids is 2. The Kier molecular flexibility index (Phi) is 8.11. The molecule has 0 bridgehead atoms. The maximum atomic E-state index is 12.9. The second-order valence-corrected chi connectivity index (χ2v) is 8.47. The van der Waals surface area contributed by atoms with E-state index in [4.69, 9.17) is 14.2 Å². The molecule has 2 aromatic carbocycles. The van der Waals surface area contributed by atoms with E-state index in [1.807, 2.05) is 53.4 Å². The second kappa shape index (κ2) is 11.6. The maximum Gasteiger partial charge on any atom is 0.279 e. The van der Waals surface area contributed by atoms with Crippen LogP contribution >= 0.6 is 11.3 Å². The Morgan fingerprint density at radius 2 is 1.85 bits per heavy atom. The molecule has 178 valence electrons. The van der Waals surface area contributed by atoms with Gasteiger partial charge in [-0.05, 0) is 30.7 Å². The van der Waals surface area contributed by atoms with Crippen LogP contribution in [-0.2, 0) is 16.1 Å². The van der Waals surface area contributed by atoms with E-state index in [1.165, 1.54) is 11.3 Å². The summed E-state index contributed by atoms with van der Waals surface area (Å²) in [5.74, 6) is 0.333. The summed E-state index contributed by atoms with van der Waals surface area (Å²) in [6, 6.07) is 14.9. The minimum Gasteiger partial charge on any atom is -0.490 e. The van der Waals surface area contributed by atoms with Crippen molar-refractivity contribution in [2.75, 3.05) is 39.5 Å². The lowest BCUT2D eigenvalue weighted by Crippen LogP contribution is -2.43. The van der Waals surface area contributed by atoms with Crippen LogP contribution in [-0.4, -0.2) is 60.8 Å². The number of thiazole rings is 1. The molecule has 1 aromatic heterocycles. The van der Waals surface area contributed by atoms with Gasteiger partial charge in [0.05, 0.1) is 19.8 Å². The van der Waals surface area contributed by atoms with Crippen LogP contribution in [0.15, 0.2) is 65.1 Å². The van der Waals surface area contributed by atoms with Gasteiger partial charge in [0.2, 0.25) is 0 Å². The number of rotatable bonds is 8. The van der Waals surface area contributed by atoms with Gasteiger partial charge < -0.3 is 23.7 Å². The number of morpholine rings is 1. The van der Waals surface area contributed by atoms with Crippen molar-refractivity contribution >= 4 is 23.2 Å². The summed E-state index contributed by atoms with van der Waals surface area (Å²) >= 11 is 1.40. The molecule has 2 amide bonds. The number of carbonyl (C=O) groups is 2. The van der Waals surface area contributed by atoms with Gasteiger partial charge in [-0.25, -0.2) is 0 Å². The number of amides is 2. The van der Waals surface area contributed by atoms with E-state index < -0.39 is 0 Å². The first-order valence-electron chi connectivity index (χ1n) is 11.2. The zero-order chi connectivity index (χ0) is 23.8. The molecule has 1 aliphatic rings. The maximum absolute atomic E-state index is 12.9. The summed E-state index contributed by atoms with van der Waals surface area (Å²) in [6.07, 6.45) is 1.91. The fraction of sp³-hybridized carbons (Fsp3) is 0.320. The summed E-state index contributed by atoms with van der Waals surface area (Å²) < 4.78 is 18.6. The predicted molar refractivity (Wildman–Crippen MR) is 128 cm³/mol. The Morgan fingerprint density at radius 3 is 2.62 bits per heavy atom. The Bertz CT molecular complexity index is 1180. The molecule has 0 spiro atoms. The lowest BCUT2D eigenvalue weighted by molar-refractivity contribution is -0.137. The molecule has 2 heterocycles. The molecular weight excluding hydrogens is 454 g/mol. The van der Waals surface area contributed by atoms with Crippen LogP contribution in [0.25, 0.3) is 0 Å². The van der Waals surface area contributed by atoms with Crippen LogP contribution in [0.5, 0.6) is 11.5 Å². The van der Waals surface area contributed by atoms with Gasteiger partial charge in [0, 0.05) is 36.8 Å². The zero-order valence-corrected chi connectivity index (χ0v) is 19.8. The van der Waals surface area contributed by atoms with Gasteiger partial charge in [-0.1, -0.05) is 30.3 Å². The zero-order valence-electron chi connectivity index (χ0n) is 19.0. The monoisotopic (exact) mass is 481 g/mol. The van der Waals surface area contributed by atoms with Gasteiger partial charge in [0.15, 0.2) is 22.9 Å². The van der Waals surface area contributed by atoms with Crippen molar-refractivity contribution in [3.63, 3.8) is 0 Å². The molecule has 1 aliphatic heterocycles. The van der Waals surface area contributed by atoms with Crippen molar-refractivity contribution in [3.8, 4) is 11.5 Å². The molecule has 3 aromatic rings. The van der Waals surface area contributed by atoms with Crippen molar-refractivity contribution in [1.29, 1.82) is 0 Å². The number of nitrogens with zero attached hydrogens (tertiary/aromatic N) is 3. The van der Waals surface area contributed by atoms with E-state index in [2.05, 4.69) is 4.99 Å². The molecule has 4 rings (SSSR count). The third-order valence-electron chi connectivity index (χ3n) is 5.26. The topological polar surface area (TPSA) is 82.4 Å². The first-order chi connectivity index (χ1) is 16.6. The van der Waals surface area contributed by atoms with Crippen molar-refractivity contribution in [2.45, 2.75) is 13.5 Å². The van der Waals surface area contributed by atoms with Gasteiger partial charge >= 0.3 is 0 Å². The molecule has 9 heteroatoms. The molecule has 0 N–H and O–H groups in total. The smallest absolute Gasteiger partial charge is 0.279 e. The van der Waals surface area contributed by atoms with E-state index in [9.17, 15) is 9.59 Å². The van der Waals surface area contributed by atoms with Gasteiger partial charge in [0.1, 0.15) is 0 Å². The van der Waals surface area contributed by atoms with Crippen LogP contribution in [0.1, 0.15) is 22.8 Å². The lowest BCUT2D eigenvalue weighted by Gasteiger charge is -2.26. The van der Waals surface area contributed by atoms with Crippen LogP contribution in [0.2, 0.25) is 0 Å². The Balaban J connectivity index is 1.48. The third-order valence-corrected chi connectivity index (χ3v) is 6.05. The minimum atomic E-state index is -0.374. The first kappa shape index (κ1) is 23.7. The Labute approximate surface area is 202 Å². The summed E-state index contributed by atoms with van der Waals surface area (Å²) in [7, 11) is 0. The fourth-order valence-corrected chi connectivity index (χ4v) is 4.24. The molecule has 0 aliphatic carbocycles. The number of aromatic nitrogens is 1. The van der Waals surface area contributed by atoms with E-state index in [0.717, 1.165) is 5.56 Å². The van der Waals surface area contributed by atoms with Crippen molar-refractivity contribution in [1.82, 2.24) is 9.47 Å². The predicted octanol–water partition coefficient (Wildman–Crippen LogP) is 2.98. The van der Waals surface area contributed by atoms with E-state index in [-0.39, 0.29) is 18.4 Å². The van der Waals surface area contributed by atoms with Gasteiger partial charge in [-0.15, -0.1) is 11.3 Å². The number of ether oxygens (including phenoxy) is 3. The largest absolute Gasteiger partial charge is 0.490 e. The molecule has 0 atom stereocenters. The van der Waals surface area contributed by atoms with Gasteiger partial charge in [0.25, 0.3) is 11.8 Å². The second-order valence-electron chi connectivity index (χ2n) is 7.59. The highest BCUT2D eigenvalue weighted by molar-refractivity contribution is 7.07. The molecule has 0 unspecified atom stereocenters. The Morgan fingerprint density at radius 1 is 1.06 bits per heavy atom. The normalized spacial score (nSPS) is 14.1. The number of hydrogen-bond acceptors (Lipinski definition) is 6. The van der Waals surface area contributed by atoms with Gasteiger partial charge in [-0.3, -0.25) is 9.59 Å². The number of benzene rings is 2. The summed E-state index contributed by atoms with van der Waals surface area (Å²) in [6.45, 7) is 4.95. The molecule has 0 radical (unpaired) electrons. The molecule has 1 saturated heterocycles. The highest BCUT2D eigenvalue weighted by atomic mass is 32.1. The minimum absolute atomic E-state index is 0.105. The summed E-state index contributed by atoms with van der Waals surface area (Å²) in [5, 5.41) is 1.91. The molecule has 8 nitrogen and oxygen atoms in total. The van der Waals surface area contributed by atoms with Crippen molar-refractivity contribution in [2.24, 2.45) is 4.99 Å². The Hall–Kier alpha value is -3.43. The fourth-order valence-electron chi connectivity index (χ4n) is 3.51. The number of hydrogen-bond donors (Lipinski definition) is 0.